The first kappa shape index (κ1) is 26.3. The first-order valence-electron chi connectivity index (χ1n) is 12.2. The molecular weight excluding hydrogens is 532 g/mol. The predicted molar refractivity (Wildman–Crippen MR) is 154 cm³/mol. The number of carbonyl (C=O) groups excluding carboxylic acids is 1. The minimum atomic E-state index is -3.82. The number of hydrogen-bond donors (Lipinski definition) is 0. The molecule has 0 spiro atoms. The van der Waals surface area contributed by atoms with E-state index < -0.39 is 10.0 Å². The molecule has 39 heavy (non-hydrogen) atoms. The third kappa shape index (κ3) is 5.34. The van der Waals surface area contributed by atoms with Crippen molar-refractivity contribution in [3.05, 3.63) is 108 Å². The molecule has 0 aliphatic rings. The van der Waals surface area contributed by atoms with Gasteiger partial charge in [-0.2, -0.15) is 0 Å². The van der Waals surface area contributed by atoms with Crippen LogP contribution >= 0.6 is 11.3 Å². The zero-order chi connectivity index (χ0) is 27.4. The number of sulfonamides is 1. The monoisotopic (exact) mass is 558 g/mol. The maximum Gasteiger partial charge on any atom is 0.264 e. The third-order valence-electron chi connectivity index (χ3n) is 6.15. The van der Waals surface area contributed by atoms with Crippen molar-refractivity contribution in [2.75, 3.05) is 22.9 Å². The Labute approximate surface area is 231 Å². The van der Waals surface area contributed by atoms with Gasteiger partial charge in [0.1, 0.15) is 11.3 Å². The van der Waals surface area contributed by atoms with Crippen LogP contribution in [0.1, 0.15) is 22.8 Å². The number of methoxy groups -OCH3 is 1. The average Bonchev–Trinajstić information content (AvgIpc) is 3.41. The number of carbonyl (C=O) groups is 1. The van der Waals surface area contributed by atoms with Gasteiger partial charge in [-0.05, 0) is 67.1 Å². The number of thiazole rings is 1. The molecule has 5 rings (SSSR count). The Hall–Kier alpha value is -4.28. The van der Waals surface area contributed by atoms with Crippen LogP contribution in [0.15, 0.2) is 102 Å². The van der Waals surface area contributed by atoms with Crippen molar-refractivity contribution >= 4 is 48.3 Å². The lowest BCUT2D eigenvalue weighted by Crippen LogP contribution is -2.31. The second kappa shape index (κ2) is 11.2. The Morgan fingerprint density at radius 2 is 1.72 bits per heavy atom. The molecular formula is C29H26N4O4S2. The van der Waals surface area contributed by atoms with E-state index in [0.717, 1.165) is 10.3 Å². The number of benzene rings is 3. The van der Waals surface area contributed by atoms with E-state index in [-0.39, 0.29) is 23.9 Å². The van der Waals surface area contributed by atoms with Gasteiger partial charge in [0, 0.05) is 24.5 Å². The quantitative estimate of drug-likeness (QED) is 0.228. The molecule has 198 valence electrons. The molecule has 0 N–H and O–H groups in total. The molecule has 3 aromatic carbocycles. The zero-order valence-corrected chi connectivity index (χ0v) is 23.0. The number of aromatic nitrogens is 2. The highest BCUT2D eigenvalue weighted by atomic mass is 32.2. The van der Waals surface area contributed by atoms with Crippen LogP contribution in [0.2, 0.25) is 0 Å². The first-order valence-corrected chi connectivity index (χ1v) is 14.5. The van der Waals surface area contributed by atoms with Crippen LogP contribution in [0, 0.1) is 0 Å². The minimum Gasteiger partial charge on any atom is -0.494 e. The fourth-order valence-electron chi connectivity index (χ4n) is 4.23. The van der Waals surface area contributed by atoms with E-state index in [9.17, 15) is 13.2 Å². The molecule has 0 aliphatic heterocycles. The van der Waals surface area contributed by atoms with Crippen molar-refractivity contribution in [3.8, 4) is 5.75 Å². The Morgan fingerprint density at radius 1 is 0.949 bits per heavy atom. The number of ether oxygens (including phenoxy) is 1. The molecule has 0 fully saturated rings. The third-order valence-corrected chi connectivity index (χ3v) is 9.11. The Bertz CT molecular complexity index is 1690. The summed E-state index contributed by atoms with van der Waals surface area (Å²) in [6.07, 6.45) is 3.37. The summed E-state index contributed by atoms with van der Waals surface area (Å²) in [6.45, 7) is 2.30. The van der Waals surface area contributed by atoms with Gasteiger partial charge in [0.15, 0.2) is 5.13 Å². The normalized spacial score (nSPS) is 11.3. The number of rotatable bonds is 9. The number of hydrogen-bond acceptors (Lipinski definition) is 7. The molecule has 8 nitrogen and oxygen atoms in total. The lowest BCUT2D eigenvalue weighted by atomic mass is 10.2. The molecule has 0 unspecified atom stereocenters. The van der Waals surface area contributed by atoms with Gasteiger partial charge in [0.25, 0.3) is 15.9 Å². The molecule has 0 radical (unpaired) electrons. The first-order chi connectivity index (χ1) is 18.9. The molecule has 2 heterocycles. The molecule has 0 saturated heterocycles. The lowest BCUT2D eigenvalue weighted by Gasteiger charge is -2.23. The summed E-state index contributed by atoms with van der Waals surface area (Å²) in [5.41, 5.74) is 2.42. The number of para-hydroxylation sites is 2. The summed E-state index contributed by atoms with van der Waals surface area (Å²) in [5, 5.41) is 0.501. The van der Waals surface area contributed by atoms with Crippen LogP contribution in [0.25, 0.3) is 10.2 Å². The largest absolute Gasteiger partial charge is 0.494 e. The molecule has 5 aromatic rings. The van der Waals surface area contributed by atoms with E-state index in [1.54, 1.807) is 55.6 Å². The van der Waals surface area contributed by atoms with Gasteiger partial charge in [0.05, 0.1) is 28.9 Å². The summed E-state index contributed by atoms with van der Waals surface area (Å²) >= 11 is 1.38. The lowest BCUT2D eigenvalue weighted by molar-refractivity contribution is 0.0985. The number of anilines is 2. The molecule has 10 heteroatoms. The van der Waals surface area contributed by atoms with Gasteiger partial charge < -0.3 is 4.74 Å². The van der Waals surface area contributed by atoms with Crippen molar-refractivity contribution in [3.63, 3.8) is 0 Å². The Balaban J connectivity index is 1.49. The number of pyridine rings is 1. The highest BCUT2D eigenvalue weighted by Crippen LogP contribution is 2.35. The Kier molecular flexibility index (Phi) is 7.58. The van der Waals surface area contributed by atoms with Gasteiger partial charge >= 0.3 is 0 Å². The smallest absolute Gasteiger partial charge is 0.264 e. The van der Waals surface area contributed by atoms with Crippen molar-refractivity contribution in [2.24, 2.45) is 0 Å². The number of amides is 1. The highest BCUT2D eigenvalue weighted by molar-refractivity contribution is 7.92. The van der Waals surface area contributed by atoms with Gasteiger partial charge in [-0.15, -0.1) is 0 Å². The van der Waals surface area contributed by atoms with Crippen LogP contribution in [0.4, 0.5) is 10.8 Å². The summed E-state index contributed by atoms with van der Waals surface area (Å²) in [7, 11) is -2.23. The second-order valence-corrected chi connectivity index (χ2v) is 11.5. The predicted octanol–water partition coefficient (Wildman–Crippen LogP) is 5.76. The SMILES string of the molecule is CCN(c1ccccc1)S(=O)(=O)c1ccc(C(=O)N(Cc2cccnc2)c2nc3c(OC)cccc3s2)cc1. The van der Waals surface area contributed by atoms with Gasteiger partial charge in [-0.3, -0.25) is 19.0 Å². The van der Waals surface area contributed by atoms with E-state index in [2.05, 4.69) is 4.98 Å². The summed E-state index contributed by atoms with van der Waals surface area (Å²) in [5.74, 6) is 0.313. The van der Waals surface area contributed by atoms with Gasteiger partial charge in [-0.1, -0.05) is 41.7 Å². The maximum absolute atomic E-state index is 13.8. The van der Waals surface area contributed by atoms with Crippen molar-refractivity contribution in [1.29, 1.82) is 0 Å². The van der Waals surface area contributed by atoms with Crippen LogP contribution in [0.3, 0.4) is 0 Å². The molecule has 0 bridgehead atoms. The summed E-state index contributed by atoms with van der Waals surface area (Å²) < 4.78 is 34.5. The molecule has 0 saturated carbocycles. The molecule has 1 amide bonds. The van der Waals surface area contributed by atoms with Crippen molar-refractivity contribution in [2.45, 2.75) is 18.4 Å². The molecule has 2 aromatic heterocycles. The fraction of sp³-hybridized carbons (Fsp3) is 0.138. The van der Waals surface area contributed by atoms with E-state index in [1.807, 2.05) is 36.4 Å². The van der Waals surface area contributed by atoms with E-state index in [0.29, 0.717) is 27.6 Å². The van der Waals surface area contributed by atoms with Crippen LogP contribution in [-0.4, -0.2) is 37.9 Å². The van der Waals surface area contributed by atoms with E-state index in [1.165, 1.54) is 39.9 Å². The topological polar surface area (TPSA) is 92.7 Å². The van der Waals surface area contributed by atoms with E-state index in [4.69, 9.17) is 9.72 Å². The standard InChI is InChI=1S/C29H26N4O4S2/c1-3-33(23-10-5-4-6-11-23)39(35,36)24-16-14-22(15-17-24)28(34)32(20-21-9-8-18-30-19-21)29-31-27-25(37-2)12-7-13-26(27)38-29/h4-19H,3,20H2,1-2H3. The fourth-order valence-corrected chi connectivity index (χ4v) is 6.68. The van der Waals surface area contributed by atoms with Gasteiger partial charge in [0.2, 0.25) is 0 Å². The maximum atomic E-state index is 13.8. The van der Waals surface area contributed by atoms with Crippen LogP contribution in [-0.2, 0) is 16.6 Å². The number of nitrogens with zero attached hydrogens (tertiary/aromatic N) is 4. The zero-order valence-electron chi connectivity index (χ0n) is 21.4. The molecule has 0 aliphatic carbocycles. The summed E-state index contributed by atoms with van der Waals surface area (Å²) in [6, 6.07) is 24.3. The van der Waals surface area contributed by atoms with Crippen LogP contribution in [0.5, 0.6) is 5.75 Å². The second-order valence-electron chi connectivity index (χ2n) is 8.59. The number of fused-ring (bicyclic) bond motifs is 1. The minimum absolute atomic E-state index is 0.105. The van der Waals surface area contributed by atoms with E-state index >= 15 is 0 Å². The van der Waals surface area contributed by atoms with Crippen molar-refractivity contribution < 1.29 is 17.9 Å². The average molecular weight is 559 g/mol. The van der Waals surface area contributed by atoms with Gasteiger partial charge in [-0.25, -0.2) is 13.4 Å². The Morgan fingerprint density at radius 3 is 2.38 bits per heavy atom. The summed E-state index contributed by atoms with van der Waals surface area (Å²) in [4.78, 5) is 24.4. The van der Waals surface area contributed by atoms with Crippen molar-refractivity contribution in [1.82, 2.24) is 9.97 Å². The van der Waals surface area contributed by atoms with Crippen LogP contribution < -0.4 is 13.9 Å². The molecule has 0 atom stereocenters. The highest BCUT2D eigenvalue weighted by Gasteiger charge is 2.26.